The highest BCUT2D eigenvalue weighted by Gasteiger charge is 2.12. The van der Waals surface area contributed by atoms with Crippen molar-refractivity contribution in [1.29, 1.82) is 0 Å². The van der Waals surface area contributed by atoms with Crippen molar-refractivity contribution < 1.29 is 9.59 Å². The van der Waals surface area contributed by atoms with Crippen LogP contribution in [0.3, 0.4) is 0 Å². The summed E-state index contributed by atoms with van der Waals surface area (Å²) < 4.78 is 1.19. The molecule has 0 bridgehead atoms. The van der Waals surface area contributed by atoms with E-state index in [2.05, 4.69) is 10.3 Å². The van der Waals surface area contributed by atoms with Gasteiger partial charge in [0.05, 0.1) is 23.3 Å². The molecule has 3 aromatic rings. The van der Waals surface area contributed by atoms with Crippen molar-refractivity contribution in [3.63, 3.8) is 0 Å². The van der Waals surface area contributed by atoms with E-state index in [0.717, 1.165) is 11.1 Å². The van der Waals surface area contributed by atoms with Gasteiger partial charge in [0.25, 0.3) is 11.5 Å². The van der Waals surface area contributed by atoms with Crippen LogP contribution in [0.1, 0.15) is 15.9 Å². The van der Waals surface area contributed by atoms with Crippen LogP contribution in [-0.4, -0.2) is 21.4 Å². The summed E-state index contributed by atoms with van der Waals surface area (Å²) in [5, 5.41) is 2.59. The third-order valence-corrected chi connectivity index (χ3v) is 4.01. The molecule has 7 heteroatoms. The quantitative estimate of drug-likeness (QED) is 0.723. The summed E-state index contributed by atoms with van der Waals surface area (Å²) in [5.74, 6) is -1.11. The summed E-state index contributed by atoms with van der Waals surface area (Å²) in [7, 11) is 0. The topological polar surface area (TPSA) is 107 Å². The maximum absolute atomic E-state index is 12.3. The minimum atomic E-state index is -0.646. The summed E-state index contributed by atoms with van der Waals surface area (Å²) >= 11 is 0. The molecule has 0 atom stereocenters. The zero-order chi connectivity index (χ0) is 19.4. The van der Waals surface area contributed by atoms with Crippen molar-refractivity contribution in [3.8, 4) is 11.3 Å². The Morgan fingerprint density at radius 1 is 1.11 bits per heavy atom. The Morgan fingerprint density at radius 2 is 1.81 bits per heavy atom. The number of hydrogen-bond donors (Lipinski definition) is 2. The molecule has 136 valence electrons. The van der Waals surface area contributed by atoms with Crippen molar-refractivity contribution in [2.24, 2.45) is 5.73 Å². The van der Waals surface area contributed by atoms with Crippen molar-refractivity contribution in [1.82, 2.24) is 9.55 Å². The van der Waals surface area contributed by atoms with Gasteiger partial charge < -0.3 is 11.1 Å². The Bertz CT molecular complexity index is 1060. The fourth-order valence-electron chi connectivity index (χ4n) is 2.58. The van der Waals surface area contributed by atoms with Crippen LogP contribution in [0, 0.1) is 6.92 Å². The molecule has 0 saturated carbocycles. The number of anilines is 1. The molecule has 7 nitrogen and oxygen atoms in total. The predicted octanol–water partition coefficient (Wildman–Crippen LogP) is 1.96. The lowest BCUT2D eigenvalue weighted by Crippen LogP contribution is -2.28. The number of benzene rings is 2. The number of aryl methyl sites for hydroxylation is 1. The van der Waals surface area contributed by atoms with E-state index in [-0.39, 0.29) is 17.7 Å². The number of primary amides is 1. The molecule has 1 aromatic heterocycles. The van der Waals surface area contributed by atoms with E-state index in [4.69, 9.17) is 5.73 Å². The van der Waals surface area contributed by atoms with Crippen LogP contribution < -0.4 is 16.6 Å². The molecular formula is C20H18N4O3. The third-order valence-electron chi connectivity index (χ3n) is 4.01. The standard InChI is InChI=1S/C20H18N4O3/c1-13-6-8-14(9-7-13)17-10-19(26)24(12-22-17)11-18(25)23-16-5-3-2-4-15(16)20(21)27/h2-10,12H,11H2,1H3,(H2,21,27)(H,23,25). The summed E-state index contributed by atoms with van der Waals surface area (Å²) in [6, 6.07) is 15.4. The highest BCUT2D eigenvalue weighted by molar-refractivity contribution is 6.02. The first kappa shape index (κ1) is 18.1. The number of carbonyl (C=O) groups excluding carboxylic acids is 2. The maximum atomic E-state index is 12.3. The molecule has 0 radical (unpaired) electrons. The molecule has 0 aliphatic carbocycles. The lowest BCUT2D eigenvalue weighted by atomic mass is 10.1. The van der Waals surface area contributed by atoms with E-state index in [9.17, 15) is 14.4 Å². The van der Waals surface area contributed by atoms with Crippen LogP contribution >= 0.6 is 0 Å². The zero-order valence-electron chi connectivity index (χ0n) is 14.7. The van der Waals surface area contributed by atoms with Gasteiger partial charge in [-0.15, -0.1) is 0 Å². The van der Waals surface area contributed by atoms with Gasteiger partial charge in [0.15, 0.2) is 0 Å². The molecule has 0 fully saturated rings. The summed E-state index contributed by atoms with van der Waals surface area (Å²) in [6.45, 7) is 1.75. The summed E-state index contributed by atoms with van der Waals surface area (Å²) in [6.07, 6.45) is 1.33. The minimum Gasteiger partial charge on any atom is -0.366 e. The third kappa shape index (κ3) is 4.27. The molecule has 2 amide bonds. The summed E-state index contributed by atoms with van der Waals surface area (Å²) in [5.41, 5.74) is 7.92. The normalized spacial score (nSPS) is 10.4. The highest BCUT2D eigenvalue weighted by Crippen LogP contribution is 2.16. The van der Waals surface area contributed by atoms with E-state index in [1.165, 1.54) is 23.0 Å². The Kier molecular flexibility index (Phi) is 5.12. The van der Waals surface area contributed by atoms with Gasteiger partial charge >= 0.3 is 0 Å². The fraction of sp³-hybridized carbons (Fsp3) is 0.100. The van der Waals surface area contributed by atoms with Crippen molar-refractivity contribution in [2.75, 3.05) is 5.32 Å². The molecule has 2 aromatic carbocycles. The highest BCUT2D eigenvalue weighted by atomic mass is 16.2. The Balaban J connectivity index is 1.76. The van der Waals surface area contributed by atoms with E-state index in [1.807, 2.05) is 31.2 Å². The van der Waals surface area contributed by atoms with Crippen LogP contribution in [0.15, 0.2) is 65.7 Å². The Labute approximate surface area is 155 Å². The lowest BCUT2D eigenvalue weighted by molar-refractivity contribution is -0.116. The SMILES string of the molecule is Cc1ccc(-c2cc(=O)n(CC(=O)Nc3ccccc3C(N)=O)cn2)cc1. The number of amides is 2. The number of para-hydroxylation sites is 1. The van der Waals surface area contributed by atoms with Crippen LogP contribution in [0.5, 0.6) is 0 Å². The van der Waals surface area contributed by atoms with Crippen LogP contribution in [0.4, 0.5) is 5.69 Å². The molecule has 0 aliphatic rings. The first-order valence-electron chi connectivity index (χ1n) is 8.26. The molecule has 0 aliphatic heterocycles. The first-order chi connectivity index (χ1) is 12.9. The van der Waals surface area contributed by atoms with Crippen LogP contribution in [-0.2, 0) is 11.3 Å². The number of rotatable bonds is 5. The lowest BCUT2D eigenvalue weighted by Gasteiger charge is -2.10. The van der Waals surface area contributed by atoms with Gasteiger partial charge in [-0.25, -0.2) is 4.98 Å². The Morgan fingerprint density at radius 3 is 2.48 bits per heavy atom. The van der Waals surface area contributed by atoms with Crippen molar-refractivity contribution in [3.05, 3.63) is 82.4 Å². The average Bonchev–Trinajstić information content (AvgIpc) is 2.64. The number of nitrogens with zero attached hydrogens (tertiary/aromatic N) is 2. The molecule has 3 N–H and O–H groups in total. The molecule has 0 spiro atoms. The number of nitrogens with two attached hydrogens (primary N) is 1. The van der Waals surface area contributed by atoms with E-state index < -0.39 is 11.8 Å². The van der Waals surface area contributed by atoms with Gasteiger partial charge in [-0.3, -0.25) is 19.0 Å². The summed E-state index contributed by atoms with van der Waals surface area (Å²) in [4.78, 5) is 40.2. The molecule has 1 heterocycles. The van der Waals surface area contributed by atoms with E-state index in [0.29, 0.717) is 11.4 Å². The second-order valence-corrected chi connectivity index (χ2v) is 6.06. The number of aromatic nitrogens is 2. The average molecular weight is 362 g/mol. The smallest absolute Gasteiger partial charge is 0.254 e. The van der Waals surface area contributed by atoms with Crippen molar-refractivity contribution >= 4 is 17.5 Å². The molecule has 0 saturated heterocycles. The number of carbonyl (C=O) groups is 2. The number of nitrogens with one attached hydrogen (secondary N) is 1. The van der Waals surface area contributed by atoms with Crippen LogP contribution in [0.2, 0.25) is 0 Å². The van der Waals surface area contributed by atoms with Gasteiger partial charge in [-0.05, 0) is 19.1 Å². The molecule has 0 unspecified atom stereocenters. The van der Waals surface area contributed by atoms with Gasteiger partial charge in [0.2, 0.25) is 5.91 Å². The van der Waals surface area contributed by atoms with Crippen molar-refractivity contribution in [2.45, 2.75) is 13.5 Å². The fourth-order valence-corrected chi connectivity index (χ4v) is 2.58. The second kappa shape index (κ2) is 7.65. The first-order valence-corrected chi connectivity index (χ1v) is 8.26. The van der Waals surface area contributed by atoms with Gasteiger partial charge in [0, 0.05) is 11.6 Å². The molecule has 27 heavy (non-hydrogen) atoms. The van der Waals surface area contributed by atoms with E-state index in [1.54, 1.807) is 18.2 Å². The van der Waals surface area contributed by atoms with E-state index >= 15 is 0 Å². The largest absolute Gasteiger partial charge is 0.366 e. The molecular weight excluding hydrogens is 344 g/mol. The van der Waals surface area contributed by atoms with Gasteiger partial charge in [-0.2, -0.15) is 0 Å². The van der Waals surface area contributed by atoms with Gasteiger partial charge in [0.1, 0.15) is 6.54 Å². The minimum absolute atomic E-state index is 0.200. The number of hydrogen-bond acceptors (Lipinski definition) is 4. The maximum Gasteiger partial charge on any atom is 0.254 e. The second-order valence-electron chi connectivity index (χ2n) is 6.06. The van der Waals surface area contributed by atoms with Gasteiger partial charge in [-0.1, -0.05) is 42.0 Å². The Hall–Kier alpha value is -3.74. The zero-order valence-corrected chi connectivity index (χ0v) is 14.7. The monoisotopic (exact) mass is 362 g/mol. The molecule has 3 rings (SSSR count). The van der Waals surface area contributed by atoms with Crippen LogP contribution in [0.25, 0.3) is 11.3 Å². The predicted molar refractivity (Wildman–Crippen MR) is 102 cm³/mol.